The lowest BCUT2D eigenvalue weighted by atomic mass is 10.2. The monoisotopic (exact) mass is 331 g/mol. The maximum atomic E-state index is 12.9. The lowest BCUT2D eigenvalue weighted by molar-refractivity contribution is -0.116. The van der Waals surface area contributed by atoms with Crippen LogP contribution in [0.3, 0.4) is 0 Å². The highest BCUT2D eigenvalue weighted by Gasteiger charge is 2.10. The van der Waals surface area contributed by atoms with E-state index in [-0.39, 0.29) is 18.1 Å². The van der Waals surface area contributed by atoms with E-state index in [4.69, 9.17) is 4.42 Å². The summed E-state index contributed by atoms with van der Waals surface area (Å²) in [5, 5.41) is 5.20. The highest BCUT2D eigenvalue weighted by molar-refractivity contribution is 7.13. The molecule has 1 aromatic carbocycles. The van der Waals surface area contributed by atoms with Gasteiger partial charge in [-0.1, -0.05) is 0 Å². The number of aromatic nitrogens is 2. The van der Waals surface area contributed by atoms with Crippen molar-refractivity contribution in [2.45, 2.75) is 19.8 Å². The van der Waals surface area contributed by atoms with Crippen LogP contribution < -0.4 is 5.32 Å². The second-order valence-corrected chi connectivity index (χ2v) is 5.83. The molecule has 0 bridgehead atoms. The number of hydrogen-bond donors (Lipinski definition) is 1. The largest absolute Gasteiger partial charge is 0.441 e. The van der Waals surface area contributed by atoms with Crippen LogP contribution in [0.2, 0.25) is 0 Å². The van der Waals surface area contributed by atoms with Gasteiger partial charge < -0.3 is 9.73 Å². The van der Waals surface area contributed by atoms with E-state index in [0.29, 0.717) is 23.2 Å². The number of hydrogen-bond acceptors (Lipinski definition) is 5. The summed E-state index contributed by atoms with van der Waals surface area (Å²) >= 11 is 1.39. The Kier molecular flexibility index (Phi) is 4.47. The van der Waals surface area contributed by atoms with Gasteiger partial charge in [0.15, 0.2) is 16.8 Å². The van der Waals surface area contributed by atoms with Gasteiger partial charge >= 0.3 is 0 Å². The first-order chi connectivity index (χ1) is 11.1. The smallest absolute Gasteiger partial charge is 0.226 e. The van der Waals surface area contributed by atoms with Crippen LogP contribution in [0, 0.1) is 12.7 Å². The van der Waals surface area contributed by atoms with Gasteiger partial charge in [0.2, 0.25) is 5.91 Å². The van der Waals surface area contributed by atoms with E-state index in [0.717, 1.165) is 11.3 Å². The summed E-state index contributed by atoms with van der Waals surface area (Å²) in [4.78, 5) is 20.2. The number of rotatable bonds is 5. The van der Waals surface area contributed by atoms with Gasteiger partial charge in [-0.3, -0.25) is 4.79 Å². The fourth-order valence-electron chi connectivity index (χ4n) is 1.99. The van der Waals surface area contributed by atoms with Crippen molar-refractivity contribution in [2.24, 2.45) is 0 Å². The molecule has 7 heteroatoms. The topological polar surface area (TPSA) is 68.0 Å². The average molecular weight is 331 g/mol. The van der Waals surface area contributed by atoms with E-state index in [1.54, 1.807) is 18.3 Å². The number of benzene rings is 1. The van der Waals surface area contributed by atoms with E-state index in [9.17, 15) is 9.18 Å². The maximum Gasteiger partial charge on any atom is 0.226 e. The highest BCUT2D eigenvalue weighted by atomic mass is 32.1. The second kappa shape index (κ2) is 6.70. The van der Waals surface area contributed by atoms with Crippen molar-refractivity contribution >= 4 is 22.4 Å². The van der Waals surface area contributed by atoms with E-state index in [2.05, 4.69) is 15.3 Å². The van der Waals surface area contributed by atoms with Crippen LogP contribution in [0.15, 0.2) is 40.3 Å². The number of nitrogens with zero attached hydrogens (tertiary/aromatic N) is 2. The summed E-state index contributed by atoms with van der Waals surface area (Å²) in [7, 11) is 0. The summed E-state index contributed by atoms with van der Waals surface area (Å²) in [6.07, 6.45) is 2.21. The van der Waals surface area contributed by atoms with Crippen LogP contribution in [-0.4, -0.2) is 15.9 Å². The molecule has 1 amide bonds. The number of carbonyl (C=O) groups is 1. The van der Waals surface area contributed by atoms with Crippen molar-refractivity contribution in [2.75, 3.05) is 5.32 Å². The minimum Gasteiger partial charge on any atom is -0.441 e. The Morgan fingerprint density at radius 1 is 1.35 bits per heavy atom. The molecule has 2 aromatic heterocycles. The Balaban J connectivity index is 1.56. The summed E-state index contributed by atoms with van der Waals surface area (Å²) in [5.41, 5.74) is 1.62. The van der Waals surface area contributed by atoms with Gasteiger partial charge in [-0.2, -0.15) is 0 Å². The zero-order chi connectivity index (χ0) is 16.2. The third-order valence-electron chi connectivity index (χ3n) is 3.11. The van der Waals surface area contributed by atoms with Crippen molar-refractivity contribution in [1.29, 1.82) is 0 Å². The number of carbonyl (C=O) groups excluding carboxylic acids is 1. The number of oxazole rings is 1. The predicted molar refractivity (Wildman–Crippen MR) is 85.7 cm³/mol. The van der Waals surface area contributed by atoms with Gasteiger partial charge in [-0.05, 0) is 31.2 Å². The molecule has 0 aliphatic rings. The number of nitrogens with one attached hydrogen (secondary N) is 1. The number of halogens is 1. The van der Waals surface area contributed by atoms with Gasteiger partial charge in [0.25, 0.3) is 0 Å². The first kappa shape index (κ1) is 15.4. The molecule has 5 nitrogen and oxygen atoms in total. The Hall–Kier alpha value is -2.54. The molecule has 0 radical (unpaired) electrons. The van der Waals surface area contributed by atoms with Gasteiger partial charge in [-0.15, -0.1) is 11.3 Å². The zero-order valence-corrected chi connectivity index (χ0v) is 13.2. The Morgan fingerprint density at radius 2 is 2.13 bits per heavy atom. The van der Waals surface area contributed by atoms with Gasteiger partial charge in [0.05, 0.1) is 11.9 Å². The number of aryl methyl sites for hydroxylation is 2. The molecule has 2 heterocycles. The molecular formula is C16H14FN3O2S. The zero-order valence-electron chi connectivity index (χ0n) is 12.4. The molecule has 0 unspecified atom stereocenters. The Bertz CT molecular complexity index is 811. The van der Waals surface area contributed by atoms with E-state index < -0.39 is 0 Å². The Labute approximate surface area is 136 Å². The van der Waals surface area contributed by atoms with Crippen LogP contribution in [-0.2, 0) is 11.2 Å². The molecule has 0 spiro atoms. The SMILES string of the molecule is Cc1csc(NC(=O)CCc2ncc(-c3ccc(F)cc3)o2)n1. The summed E-state index contributed by atoms with van der Waals surface area (Å²) < 4.78 is 18.5. The molecule has 0 atom stereocenters. The van der Waals surface area contributed by atoms with Gasteiger partial charge in [-0.25, -0.2) is 14.4 Å². The molecule has 3 aromatic rings. The maximum absolute atomic E-state index is 12.9. The van der Waals surface area contributed by atoms with Crippen molar-refractivity contribution < 1.29 is 13.6 Å². The molecule has 1 N–H and O–H groups in total. The third-order valence-corrected chi connectivity index (χ3v) is 3.99. The summed E-state index contributed by atoms with van der Waals surface area (Å²) in [6.45, 7) is 1.87. The van der Waals surface area contributed by atoms with Gasteiger partial charge in [0, 0.05) is 23.8 Å². The van der Waals surface area contributed by atoms with Crippen molar-refractivity contribution in [3.8, 4) is 11.3 Å². The fraction of sp³-hybridized carbons (Fsp3) is 0.188. The number of anilines is 1. The molecule has 23 heavy (non-hydrogen) atoms. The normalized spacial score (nSPS) is 10.7. The fourth-order valence-corrected chi connectivity index (χ4v) is 2.69. The van der Waals surface area contributed by atoms with Crippen molar-refractivity contribution in [1.82, 2.24) is 9.97 Å². The summed E-state index contributed by atoms with van der Waals surface area (Å²) in [5.74, 6) is 0.578. The van der Waals surface area contributed by atoms with Crippen LogP contribution in [0.1, 0.15) is 18.0 Å². The lowest BCUT2D eigenvalue weighted by Gasteiger charge is -1.99. The first-order valence-electron chi connectivity index (χ1n) is 7.03. The minimum atomic E-state index is -0.303. The van der Waals surface area contributed by atoms with Crippen molar-refractivity contribution in [3.63, 3.8) is 0 Å². The predicted octanol–water partition coefficient (Wildman–Crippen LogP) is 3.82. The molecular weight excluding hydrogens is 317 g/mol. The Morgan fingerprint density at radius 3 is 2.83 bits per heavy atom. The molecule has 0 saturated carbocycles. The number of amides is 1. The second-order valence-electron chi connectivity index (χ2n) is 4.97. The molecule has 3 rings (SSSR count). The van der Waals surface area contributed by atoms with Gasteiger partial charge in [0.1, 0.15) is 5.82 Å². The standard InChI is InChI=1S/C16H14FN3O2S/c1-10-9-23-16(19-10)20-14(21)6-7-15-18-8-13(22-15)11-2-4-12(17)5-3-11/h2-5,8-9H,6-7H2,1H3,(H,19,20,21). The van der Waals surface area contributed by atoms with Crippen LogP contribution >= 0.6 is 11.3 Å². The van der Waals surface area contributed by atoms with Crippen molar-refractivity contribution in [3.05, 3.63) is 53.2 Å². The van der Waals surface area contributed by atoms with Crippen LogP contribution in [0.5, 0.6) is 0 Å². The van der Waals surface area contributed by atoms with Crippen LogP contribution in [0.25, 0.3) is 11.3 Å². The average Bonchev–Trinajstić information content (AvgIpc) is 3.15. The lowest BCUT2D eigenvalue weighted by Crippen LogP contribution is -2.12. The van der Waals surface area contributed by atoms with E-state index in [1.807, 2.05) is 12.3 Å². The summed E-state index contributed by atoms with van der Waals surface area (Å²) in [6, 6.07) is 5.97. The minimum absolute atomic E-state index is 0.138. The highest BCUT2D eigenvalue weighted by Crippen LogP contribution is 2.21. The molecule has 0 saturated heterocycles. The molecule has 0 aliphatic heterocycles. The first-order valence-corrected chi connectivity index (χ1v) is 7.91. The van der Waals surface area contributed by atoms with E-state index >= 15 is 0 Å². The molecule has 0 fully saturated rings. The quantitative estimate of drug-likeness (QED) is 0.772. The van der Waals surface area contributed by atoms with E-state index in [1.165, 1.54) is 23.5 Å². The third kappa shape index (κ3) is 4.01. The van der Waals surface area contributed by atoms with Crippen LogP contribution in [0.4, 0.5) is 9.52 Å². The molecule has 0 aliphatic carbocycles. The number of thiazole rings is 1. The molecule has 118 valence electrons.